The number of sulfonamides is 1. The van der Waals surface area contributed by atoms with Crippen LogP contribution in [0.3, 0.4) is 0 Å². The molecule has 4 aromatic rings. The molecule has 1 saturated carbocycles. The molecular weight excluding hydrogens is 563 g/mol. The number of anilines is 1. The van der Waals surface area contributed by atoms with Gasteiger partial charge in [-0.2, -0.15) is 0 Å². The van der Waals surface area contributed by atoms with E-state index in [1.54, 1.807) is 17.2 Å². The second-order valence-electron chi connectivity index (χ2n) is 10.8. The molecule has 0 bridgehead atoms. The number of nitrogens with one attached hydrogen (secondary N) is 1. The minimum Gasteiger partial charge on any atom is -0.337 e. The molecule has 1 fully saturated rings. The lowest BCUT2D eigenvalue weighted by Crippen LogP contribution is -2.34. The molecule has 6 rings (SSSR count). The van der Waals surface area contributed by atoms with Gasteiger partial charge in [0.25, 0.3) is 10.0 Å². The molecule has 2 aliphatic carbocycles. The minimum atomic E-state index is -4.02. The van der Waals surface area contributed by atoms with Crippen LogP contribution >= 0.6 is 11.6 Å². The Kier molecular flexibility index (Phi) is 6.74. The fourth-order valence-corrected chi connectivity index (χ4v) is 6.72. The second-order valence-corrected chi connectivity index (χ2v) is 12.9. The number of hydrogen-bond donors (Lipinski definition) is 1. The lowest BCUT2D eigenvalue weighted by Gasteiger charge is -2.25. The number of aryl methyl sites for hydroxylation is 1. The highest BCUT2D eigenvalue weighted by Gasteiger charge is 2.56. The molecule has 2 aliphatic rings. The van der Waals surface area contributed by atoms with Crippen LogP contribution in [0, 0.1) is 11.7 Å². The maximum Gasteiger partial charge on any atom is 0.262 e. The third kappa shape index (κ3) is 5.15. The number of rotatable bonds is 8. The van der Waals surface area contributed by atoms with Gasteiger partial charge in [0.15, 0.2) is 0 Å². The van der Waals surface area contributed by atoms with E-state index in [4.69, 9.17) is 11.6 Å². The molecule has 1 unspecified atom stereocenters. The molecule has 1 amide bonds. The van der Waals surface area contributed by atoms with Gasteiger partial charge in [-0.1, -0.05) is 48.9 Å². The summed E-state index contributed by atoms with van der Waals surface area (Å²) in [6.45, 7) is 2.34. The Balaban J connectivity index is 1.32. The summed E-state index contributed by atoms with van der Waals surface area (Å²) in [6, 6.07) is 18.1. The Labute approximate surface area is 243 Å². The predicted octanol–water partition coefficient (Wildman–Crippen LogP) is 5.60. The van der Waals surface area contributed by atoms with Gasteiger partial charge in [-0.05, 0) is 66.4 Å². The molecular formula is C31H28ClFN4O3S. The zero-order valence-corrected chi connectivity index (χ0v) is 24.1. The van der Waals surface area contributed by atoms with Gasteiger partial charge in [-0.3, -0.25) is 9.52 Å². The first-order valence-corrected chi connectivity index (χ1v) is 15.1. The Hall–Kier alpha value is -3.95. The Morgan fingerprint density at radius 3 is 2.66 bits per heavy atom. The molecule has 0 saturated heterocycles. The second kappa shape index (κ2) is 10.2. The molecule has 210 valence electrons. The third-order valence-corrected chi connectivity index (χ3v) is 9.71. The first kappa shape index (κ1) is 27.2. The maximum atomic E-state index is 14.1. The van der Waals surface area contributed by atoms with Gasteiger partial charge in [0.1, 0.15) is 11.6 Å². The number of aromatic nitrogens is 2. The summed E-state index contributed by atoms with van der Waals surface area (Å²) in [5.74, 6) is -0.187. The molecule has 1 aromatic heterocycles. The van der Waals surface area contributed by atoms with Crippen molar-refractivity contribution in [1.82, 2.24) is 14.3 Å². The van der Waals surface area contributed by atoms with Crippen molar-refractivity contribution in [3.8, 4) is 0 Å². The molecule has 0 radical (unpaired) electrons. The van der Waals surface area contributed by atoms with Gasteiger partial charge >= 0.3 is 0 Å². The van der Waals surface area contributed by atoms with Crippen molar-refractivity contribution in [3.05, 3.63) is 119 Å². The predicted molar refractivity (Wildman–Crippen MR) is 156 cm³/mol. The Bertz CT molecular complexity index is 1800. The Morgan fingerprint density at radius 1 is 1.17 bits per heavy atom. The zero-order valence-electron chi connectivity index (χ0n) is 22.5. The van der Waals surface area contributed by atoms with Gasteiger partial charge in [-0.25, -0.2) is 17.8 Å². The van der Waals surface area contributed by atoms with Gasteiger partial charge in [0.05, 0.1) is 17.1 Å². The van der Waals surface area contributed by atoms with E-state index in [-0.39, 0.29) is 28.7 Å². The van der Waals surface area contributed by atoms with Crippen LogP contribution in [0.1, 0.15) is 35.9 Å². The fraction of sp³-hybridized carbons (Fsp3) is 0.226. The van der Waals surface area contributed by atoms with Gasteiger partial charge in [0, 0.05) is 47.0 Å². The van der Waals surface area contributed by atoms with E-state index in [1.807, 2.05) is 60.3 Å². The summed E-state index contributed by atoms with van der Waals surface area (Å²) in [5.41, 5.74) is 3.38. The number of imidazole rings is 1. The molecule has 7 nitrogen and oxygen atoms in total. The van der Waals surface area contributed by atoms with Crippen molar-refractivity contribution < 1.29 is 17.6 Å². The molecule has 0 aliphatic heterocycles. The van der Waals surface area contributed by atoms with Crippen LogP contribution < -0.4 is 9.62 Å². The quantitative estimate of drug-likeness (QED) is 0.290. The lowest BCUT2D eigenvalue weighted by molar-refractivity contribution is -0.120. The molecule has 10 heteroatoms. The van der Waals surface area contributed by atoms with Crippen molar-refractivity contribution in [1.29, 1.82) is 0 Å². The number of amides is 1. The first-order valence-electron chi connectivity index (χ1n) is 13.2. The van der Waals surface area contributed by atoms with E-state index in [2.05, 4.69) is 16.6 Å². The largest absolute Gasteiger partial charge is 0.337 e. The molecule has 3 aromatic carbocycles. The number of hydrogen-bond acceptors (Lipinski definition) is 4. The van der Waals surface area contributed by atoms with Crippen LogP contribution in [0.4, 0.5) is 10.1 Å². The van der Waals surface area contributed by atoms with Crippen LogP contribution in [0.2, 0.25) is 5.02 Å². The molecule has 2 atom stereocenters. The van der Waals surface area contributed by atoms with E-state index in [9.17, 15) is 17.6 Å². The summed E-state index contributed by atoms with van der Waals surface area (Å²) in [4.78, 5) is 20.1. The van der Waals surface area contributed by atoms with Crippen LogP contribution in [0.5, 0.6) is 0 Å². The molecule has 1 heterocycles. The average Bonchev–Trinajstić information content (AvgIpc) is 3.25. The number of benzene rings is 3. The van der Waals surface area contributed by atoms with Crippen molar-refractivity contribution in [3.63, 3.8) is 0 Å². The first-order chi connectivity index (χ1) is 19.5. The summed E-state index contributed by atoms with van der Waals surface area (Å²) < 4.78 is 44.3. The van der Waals surface area contributed by atoms with E-state index >= 15 is 0 Å². The third-order valence-electron chi connectivity index (χ3n) is 8.10. The van der Waals surface area contributed by atoms with Crippen molar-refractivity contribution in [2.24, 2.45) is 13.0 Å². The van der Waals surface area contributed by atoms with Crippen molar-refractivity contribution >= 4 is 38.9 Å². The van der Waals surface area contributed by atoms with Crippen molar-refractivity contribution in [2.75, 3.05) is 4.90 Å². The molecule has 0 spiro atoms. The van der Waals surface area contributed by atoms with Crippen molar-refractivity contribution in [2.45, 2.75) is 36.6 Å². The number of fused-ring (bicyclic) bond motifs is 1. The highest BCUT2D eigenvalue weighted by Crippen LogP contribution is 2.55. The Morgan fingerprint density at radius 2 is 1.95 bits per heavy atom. The van der Waals surface area contributed by atoms with Gasteiger partial charge < -0.3 is 9.47 Å². The summed E-state index contributed by atoms with van der Waals surface area (Å²) in [5, 5.41) is 0.646. The van der Waals surface area contributed by atoms with Crippen LogP contribution in [-0.4, -0.2) is 23.9 Å². The smallest absolute Gasteiger partial charge is 0.262 e. The number of halogens is 2. The highest BCUT2D eigenvalue weighted by molar-refractivity contribution is 7.89. The summed E-state index contributed by atoms with van der Waals surface area (Å²) >= 11 is 6.10. The normalized spacial score (nSPS) is 19.4. The summed E-state index contributed by atoms with van der Waals surface area (Å²) in [7, 11) is -2.14. The molecule has 41 heavy (non-hydrogen) atoms. The number of carbonyl (C=O) groups is 1. The van der Waals surface area contributed by atoms with E-state index in [1.165, 1.54) is 18.2 Å². The SMILES string of the molecule is Cn1ccnc1CN(C(=O)[C@@H]1CC1(C)c1ccc(Cl)cc1)c1ccc2c(c1)C(NS(=O)(=O)c1cccc(F)c1)=CC2. The van der Waals surface area contributed by atoms with Crippen LogP contribution in [-0.2, 0) is 40.2 Å². The number of allylic oxidation sites excluding steroid dienone is 1. The highest BCUT2D eigenvalue weighted by atomic mass is 35.5. The van der Waals surface area contributed by atoms with E-state index < -0.39 is 15.8 Å². The van der Waals surface area contributed by atoms with E-state index in [0.29, 0.717) is 34.8 Å². The van der Waals surface area contributed by atoms with E-state index in [0.717, 1.165) is 23.0 Å². The minimum absolute atomic E-state index is 0.0331. The number of carbonyl (C=O) groups excluding carboxylic acids is 1. The lowest BCUT2D eigenvalue weighted by atomic mass is 9.95. The maximum absolute atomic E-state index is 14.1. The monoisotopic (exact) mass is 590 g/mol. The van der Waals surface area contributed by atoms with Crippen LogP contribution in [0.15, 0.2) is 90.1 Å². The average molecular weight is 591 g/mol. The van der Waals surface area contributed by atoms with Gasteiger partial charge in [-0.15, -0.1) is 0 Å². The number of nitrogens with zero attached hydrogens (tertiary/aromatic N) is 3. The molecule has 1 N–H and O–H groups in total. The standard InChI is InChI=1S/C31H28ClFN4O3S/c1-31(21-8-10-22(32)11-9-21)18-27(31)30(38)37(19-29-34-14-15-36(29)2)24-12-6-20-7-13-28(26(20)17-24)35-41(39,40)25-5-3-4-23(33)16-25/h3-6,8-17,27,35H,7,18-19H2,1-2H3/t27-,31?/m0/s1. The fourth-order valence-electron chi connectivity index (χ4n) is 5.47. The summed E-state index contributed by atoms with van der Waals surface area (Å²) in [6.07, 6.45) is 6.54. The van der Waals surface area contributed by atoms with Gasteiger partial charge in [0.2, 0.25) is 5.91 Å². The zero-order chi connectivity index (χ0) is 28.9. The topological polar surface area (TPSA) is 84.3 Å². The van der Waals surface area contributed by atoms with Crippen LogP contribution in [0.25, 0.3) is 5.70 Å².